The molecule has 1 aromatic carbocycles. The van der Waals surface area contributed by atoms with E-state index in [0.717, 1.165) is 26.1 Å². The molecule has 1 aliphatic rings. The second-order valence-corrected chi connectivity index (χ2v) is 3.88. The van der Waals surface area contributed by atoms with Crippen molar-refractivity contribution in [2.75, 3.05) is 20.3 Å². The number of nitriles is 1. The number of benzene rings is 1. The van der Waals surface area contributed by atoms with Crippen LogP contribution in [0, 0.1) is 11.3 Å². The van der Waals surface area contributed by atoms with E-state index in [2.05, 4.69) is 6.07 Å². The summed E-state index contributed by atoms with van der Waals surface area (Å²) < 4.78 is 16.4. The van der Waals surface area contributed by atoms with E-state index in [9.17, 15) is 0 Å². The second kappa shape index (κ2) is 5.55. The Bertz CT molecular complexity index is 419. The molecule has 1 heterocycles. The molecule has 0 unspecified atom stereocenters. The van der Waals surface area contributed by atoms with Crippen LogP contribution in [0.4, 0.5) is 0 Å². The van der Waals surface area contributed by atoms with Crippen LogP contribution >= 0.6 is 0 Å². The fourth-order valence-corrected chi connectivity index (χ4v) is 1.88. The topological polar surface area (TPSA) is 51.5 Å². The summed E-state index contributed by atoms with van der Waals surface area (Å²) in [5.74, 6) is 1.15. The van der Waals surface area contributed by atoms with Crippen LogP contribution in [0.15, 0.2) is 18.2 Å². The molecule has 1 aliphatic heterocycles. The predicted octanol–water partition coefficient (Wildman–Crippen LogP) is 2.12. The van der Waals surface area contributed by atoms with Gasteiger partial charge < -0.3 is 14.2 Å². The van der Waals surface area contributed by atoms with E-state index in [1.54, 1.807) is 19.2 Å². The smallest absolute Gasteiger partial charge is 0.178 e. The minimum absolute atomic E-state index is 0.145. The third-order valence-corrected chi connectivity index (χ3v) is 2.77. The summed E-state index contributed by atoms with van der Waals surface area (Å²) in [4.78, 5) is 0. The molecule has 0 aromatic heterocycles. The van der Waals surface area contributed by atoms with E-state index >= 15 is 0 Å². The molecule has 4 heteroatoms. The van der Waals surface area contributed by atoms with Gasteiger partial charge in [0.25, 0.3) is 0 Å². The van der Waals surface area contributed by atoms with Gasteiger partial charge >= 0.3 is 0 Å². The molecule has 0 spiro atoms. The number of methoxy groups -OCH3 is 1. The van der Waals surface area contributed by atoms with Gasteiger partial charge in [-0.25, -0.2) is 0 Å². The Balaban J connectivity index is 2.17. The lowest BCUT2D eigenvalue weighted by molar-refractivity contribution is 0.0245. The molecule has 90 valence electrons. The molecule has 0 N–H and O–H groups in total. The first kappa shape index (κ1) is 11.7. The number of ether oxygens (including phenoxy) is 3. The molecular weight excluding hydrogens is 218 g/mol. The Morgan fingerprint density at radius 2 is 2.12 bits per heavy atom. The minimum Gasteiger partial charge on any atom is -0.492 e. The zero-order valence-corrected chi connectivity index (χ0v) is 9.81. The second-order valence-electron chi connectivity index (χ2n) is 3.88. The first-order valence-corrected chi connectivity index (χ1v) is 5.66. The summed E-state index contributed by atoms with van der Waals surface area (Å²) in [7, 11) is 1.55. The Morgan fingerprint density at radius 3 is 2.76 bits per heavy atom. The SMILES string of the molecule is COc1c(C#N)cccc1OC1CCOCC1. The van der Waals surface area contributed by atoms with Crippen LogP contribution in [0.1, 0.15) is 18.4 Å². The van der Waals surface area contributed by atoms with Gasteiger partial charge in [-0.1, -0.05) is 6.07 Å². The zero-order chi connectivity index (χ0) is 12.1. The zero-order valence-electron chi connectivity index (χ0n) is 9.81. The van der Waals surface area contributed by atoms with Crippen LogP contribution in [0.5, 0.6) is 11.5 Å². The van der Waals surface area contributed by atoms with Gasteiger partial charge in [0.05, 0.1) is 25.9 Å². The van der Waals surface area contributed by atoms with Crippen molar-refractivity contribution >= 4 is 0 Å². The van der Waals surface area contributed by atoms with Crippen molar-refractivity contribution in [3.05, 3.63) is 23.8 Å². The van der Waals surface area contributed by atoms with Gasteiger partial charge in [-0.05, 0) is 12.1 Å². The number of para-hydroxylation sites is 1. The van der Waals surface area contributed by atoms with E-state index in [4.69, 9.17) is 19.5 Å². The predicted molar refractivity (Wildman–Crippen MR) is 62.2 cm³/mol. The molecule has 2 rings (SSSR count). The number of nitrogens with zero attached hydrogens (tertiary/aromatic N) is 1. The number of rotatable bonds is 3. The van der Waals surface area contributed by atoms with Crippen LogP contribution in [0.2, 0.25) is 0 Å². The van der Waals surface area contributed by atoms with Crippen LogP contribution < -0.4 is 9.47 Å². The molecule has 1 fully saturated rings. The van der Waals surface area contributed by atoms with Gasteiger partial charge in [0, 0.05) is 12.8 Å². The van der Waals surface area contributed by atoms with Crippen molar-refractivity contribution in [2.45, 2.75) is 18.9 Å². The fourth-order valence-electron chi connectivity index (χ4n) is 1.88. The average molecular weight is 233 g/mol. The van der Waals surface area contributed by atoms with E-state index in [-0.39, 0.29) is 6.10 Å². The maximum atomic E-state index is 8.97. The van der Waals surface area contributed by atoms with Crippen LogP contribution in [-0.4, -0.2) is 26.4 Å². The fraction of sp³-hybridized carbons (Fsp3) is 0.462. The third-order valence-electron chi connectivity index (χ3n) is 2.77. The standard InChI is InChI=1S/C13H15NO3/c1-15-13-10(9-14)3-2-4-12(13)17-11-5-7-16-8-6-11/h2-4,11H,5-8H2,1H3. The molecule has 1 saturated heterocycles. The van der Waals surface area contributed by atoms with Gasteiger partial charge in [-0.3, -0.25) is 0 Å². The van der Waals surface area contributed by atoms with Crippen LogP contribution in [0.25, 0.3) is 0 Å². The largest absolute Gasteiger partial charge is 0.492 e. The summed E-state index contributed by atoms with van der Waals surface area (Å²) in [6.07, 6.45) is 1.89. The highest BCUT2D eigenvalue weighted by atomic mass is 16.5. The number of hydrogen-bond donors (Lipinski definition) is 0. The van der Waals surface area contributed by atoms with E-state index in [0.29, 0.717) is 17.1 Å². The van der Waals surface area contributed by atoms with E-state index < -0.39 is 0 Å². The van der Waals surface area contributed by atoms with Gasteiger partial charge in [0.15, 0.2) is 11.5 Å². The Kier molecular flexibility index (Phi) is 3.84. The highest BCUT2D eigenvalue weighted by molar-refractivity contribution is 5.52. The summed E-state index contributed by atoms with van der Waals surface area (Å²) >= 11 is 0. The summed E-state index contributed by atoms with van der Waals surface area (Å²) in [6.45, 7) is 1.45. The lowest BCUT2D eigenvalue weighted by Crippen LogP contribution is -2.26. The summed E-state index contributed by atoms with van der Waals surface area (Å²) in [6, 6.07) is 7.44. The van der Waals surface area contributed by atoms with E-state index in [1.807, 2.05) is 6.07 Å². The summed E-state index contributed by atoms with van der Waals surface area (Å²) in [5, 5.41) is 8.97. The molecule has 0 atom stereocenters. The Labute approximate surface area is 101 Å². The van der Waals surface area contributed by atoms with E-state index in [1.165, 1.54) is 0 Å². The molecule has 4 nitrogen and oxygen atoms in total. The van der Waals surface area contributed by atoms with Crippen LogP contribution in [0.3, 0.4) is 0 Å². The van der Waals surface area contributed by atoms with Gasteiger partial charge in [0.2, 0.25) is 0 Å². The molecule has 0 aliphatic carbocycles. The van der Waals surface area contributed by atoms with Crippen molar-refractivity contribution in [3.8, 4) is 17.6 Å². The summed E-state index contributed by atoms with van der Waals surface area (Å²) in [5.41, 5.74) is 0.497. The van der Waals surface area contributed by atoms with Crippen LogP contribution in [-0.2, 0) is 4.74 Å². The van der Waals surface area contributed by atoms with Gasteiger partial charge in [-0.15, -0.1) is 0 Å². The van der Waals surface area contributed by atoms with Gasteiger partial charge in [-0.2, -0.15) is 5.26 Å². The van der Waals surface area contributed by atoms with Gasteiger partial charge in [0.1, 0.15) is 12.2 Å². The quantitative estimate of drug-likeness (QED) is 0.802. The van der Waals surface area contributed by atoms with Crippen molar-refractivity contribution in [2.24, 2.45) is 0 Å². The number of hydrogen-bond acceptors (Lipinski definition) is 4. The normalized spacial score (nSPS) is 16.2. The highest BCUT2D eigenvalue weighted by Gasteiger charge is 2.18. The van der Waals surface area contributed by atoms with Crippen molar-refractivity contribution in [1.82, 2.24) is 0 Å². The van der Waals surface area contributed by atoms with Crippen molar-refractivity contribution in [1.29, 1.82) is 5.26 Å². The Hall–Kier alpha value is -1.73. The third kappa shape index (κ3) is 2.69. The lowest BCUT2D eigenvalue weighted by atomic mass is 10.1. The molecule has 0 bridgehead atoms. The monoisotopic (exact) mass is 233 g/mol. The van der Waals surface area contributed by atoms with Crippen molar-refractivity contribution < 1.29 is 14.2 Å². The highest BCUT2D eigenvalue weighted by Crippen LogP contribution is 2.32. The molecular formula is C13H15NO3. The molecule has 0 amide bonds. The minimum atomic E-state index is 0.145. The first-order chi connectivity index (χ1) is 8.35. The molecule has 0 saturated carbocycles. The first-order valence-electron chi connectivity index (χ1n) is 5.66. The maximum absolute atomic E-state index is 8.97. The molecule has 0 radical (unpaired) electrons. The molecule has 1 aromatic rings. The molecule has 17 heavy (non-hydrogen) atoms. The van der Waals surface area contributed by atoms with Crippen molar-refractivity contribution in [3.63, 3.8) is 0 Å². The Morgan fingerprint density at radius 1 is 1.35 bits per heavy atom. The average Bonchev–Trinajstić information content (AvgIpc) is 2.39. The lowest BCUT2D eigenvalue weighted by Gasteiger charge is -2.24. The maximum Gasteiger partial charge on any atom is 0.178 e.